The van der Waals surface area contributed by atoms with Gasteiger partial charge in [0.2, 0.25) is 0 Å². The van der Waals surface area contributed by atoms with Crippen molar-refractivity contribution in [3.63, 3.8) is 0 Å². The van der Waals surface area contributed by atoms with Crippen LogP contribution in [0.15, 0.2) is 36.4 Å². The minimum Gasteiger partial charge on any atom is -0.506 e. The van der Waals surface area contributed by atoms with E-state index in [2.05, 4.69) is 19.2 Å². The highest BCUT2D eigenvalue weighted by Gasteiger charge is 2.37. The second-order valence-corrected chi connectivity index (χ2v) is 8.28. The lowest BCUT2D eigenvalue weighted by Gasteiger charge is -2.18. The Morgan fingerprint density at radius 2 is 1.89 bits per heavy atom. The SMILES string of the molecule is CC(C)CNc1ccc(-c2ccc(O)c(N3CC(=O)NS3(=O)=O)c2F)cc1. The normalized spacial score (nSPS) is 15.9. The number of benzene rings is 2. The molecule has 3 N–H and O–H groups in total. The number of hydrogen-bond acceptors (Lipinski definition) is 5. The Bertz CT molecular complexity index is 975. The van der Waals surface area contributed by atoms with E-state index in [-0.39, 0.29) is 5.56 Å². The zero-order valence-electron chi connectivity index (χ0n) is 14.9. The van der Waals surface area contributed by atoms with E-state index in [1.165, 1.54) is 12.1 Å². The van der Waals surface area contributed by atoms with E-state index in [1.807, 2.05) is 0 Å². The minimum absolute atomic E-state index is 0.118. The number of phenolic OH excluding ortho intramolecular Hbond substituents is 1. The molecule has 0 unspecified atom stereocenters. The Hall–Kier alpha value is -2.81. The summed E-state index contributed by atoms with van der Waals surface area (Å²) < 4.78 is 41.4. The van der Waals surface area contributed by atoms with Crippen LogP contribution in [0.3, 0.4) is 0 Å². The van der Waals surface area contributed by atoms with E-state index >= 15 is 4.39 Å². The van der Waals surface area contributed by atoms with E-state index in [1.54, 1.807) is 29.0 Å². The molecule has 7 nitrogen and oxygen atoms in total. The Morgan fingerprint density at radius 1 is 1.22 bits per heavy atom. The molecule has 1 heterocycles. The molecule has 1 aliphatic heterocycles. The van der Waals surface area contributed by atoms with Gasteiger partial charge in [-0.2, -0.15) is 8.42 Å². The van der Waals surface area contributed by atoms with Crippen molar-refractivity contribution in [2.24, 2.45) is 5.92 Å². The molecule has 3 rings (SSSR count). The lowest BCUT2D eigenvalue weighted by atomic mass is 10.0. The Labute approximate surface area is 157 Å². The van der Waals surface area contributed by atoms with Crippen LogP contribution in [0, 0.1) is 11.7 Å². The summed E-state index contributed by atoms with van der Waals surface area (Å²) in [5.74, 6) is -1.80. The van der Waals surface area contributed by atoms with Gasteiger partial charge in [-0.25, -0.2) is 13.4 Å². The molecule has 9 heteroatoms. The minimum atomic E-state index is -4.23. The van der Waals surface area contributed by atoms with E-state index in [0.717, 1.165) is 12.2 Å². The third-order valence-corrected chi connectivity index (χ3v) is 5.45. The highest BCUT2D eigenvalue weighted by atomic mass is 32.2. The van der Waals surface area contributed by atoms with Gasteiger partial charge in [-0.05, 0) is 35.7 Å². The van der Waals surface area contributed by atoms with Crippen LogP contribution in [0.1, 0.15) is 13.8 Å². The number of halogens is 1. The summed E-state index contributed by atoms with van der Waals surface area (Å²) in [7, 11) is -4.23. The third kappa shape index (κ3) is 3.82. The van der Waals surface area contributed by atoms with Gasteiger partial charge < -0.3 is 10.4 Å². The lowest BCUT2D eigenvalue weighted by Crippen LogP contribution is -2.30. The molecule has 144 valence electrons. The van der Waals surface area contributed by atoms with Crippen LogP contribution in [0.25, 0.3) is 11.1 Å². The molecule has 2 aromatic rings. The van der Waals surface area contributed by atoms with Crippen LogP contribution in [-0.4, -0.2) is 32.5 Å². The first-order valence-corrected chi connectivity index (χ1v) is 9.82. The Kier molecular flexibility index (Phi) is 4.97. The summed E-state index contributed by atoms with van der Waals surface area (Å²) >= 11 is 0. The first kappa shape index (κ1) is 19.0. The fraction of sp³-hybridized carbons (Fsp3) is 0.278. The van der Waals surface area contributed by atoms with Gasteiger partial charge in [0.05, 0.1) is 0 Å². The van der Waals surface area contributed by atoms with Gasteiger partial charge in [-0.3, -0.25) is 4.79 Å². The fourth-order valence-corrected chi connectivity index (χ4v) is 3.91. The molecule has 0 atom stereocenters. The topological polar surface area (TPSA) is 98.7 Å². The van der Waals surface area contributed by atoms with E-state index in [4.69, 9.17) is 0 Å². The smallest absolute Gasteiger partial charge is 0.326 e. The second-order valence-electron chi connectivity index (χ2n) is 6.68. The Morgan fingerprint density at radius 3 is 2.44 bits per heavy atom. The van der Waals surface area contributed by atoms with Crippen molar-refractivity contribution in [2.75, 3.05) is 22.7 Å². The van der Waals surface area contributed by atoms with Gasteiger partial charge in [0.15, 0.2) is 5.82 Å². The predicted octanol–water partition coefficient (Wildman–Crippen LogP) is 2.45. The monoisotopic (exact) mass is 393 g/mol. The summed E-state index contributed by atoms with van der Waals surface area (Å²) in [5.41, 5.74) is 0.962. The summed E-state index contributed by atoms with van der Waals surface area (Å²) in [5, 5.41) is 13.3. The molecule has 0 spiro atoms. The molecule has 1 fully saturated rings. The highest BCUT2D eigenvalue weighted by Crippen LogP contribution is 2.38. The van der Waals surface area contributed by atoms with Crippen molar-refractivity contribution in [1.29, 1.82) is 0 Å². The zero-order chi connectivity index (χ0) is 19.8. The van der Waals surface area contributed by atoms with Gasteiger partial charge in [-0.15, -0.1) is 0 Å². The quantitative estimate of drug-likeness (QED) is 0.725. The summed E-state index contributed by atoms with van der Waals surface area (Å²) in [6.45, 7) is 4.38. The number of carbonyl (C=O) groups excluding carboxylic acids is 1. The predicted molar refractivity (Wildman–Crippen MR) is 101 cm³/mol. The van der Waals surface area contributed by atoms with Crippen molar-refractivity contribution in [2.45, 2.75) is 13.8 Å². The van der Waals surface area contributed by atoms with Crippen LogP contribution in [0.5, 0.6) is 5.75 Å². The van der Waals surface area contributed by atoms with Gasteiger partial charge in [-0.1, -0.05) is 26.0 Å². The third-order valence-electron chi connectivity index (χ3n) is 4.07. The second kappa shape index (κ2) is 7.07. The average Bonchev–Trinajstić information content (AvgIpc) is 2.86. The largest absolute Gasteiger partial charge is 0.506 e. The van der Waals surface area contributed by atoms with Gasteiger partial charge in [0, 0.05) is 17.8 Å². The van der Waals surface area contributed by atoms with Crippen molar-refractivity contribution in [1.82, 2.24) is 4.72 Å². The standard InChI is InChI=1S/C18H20FN3O4S/c1-11(2)9-20-13-5-3-12(4-6-13)14-7-8-15(23)18(17(14)19)22-10-16(24)21-27(22,25)26/h3-8,11,20,23H,9-10H2,1-2H3,(H,21,24). The fourth-order valence-electron chi connectivity index (χ4n) is 2.75. The van der Waals surface area contributed by atoms with E-state index in [0.29, 0.717) is 15.8 Å². The van der Waals surface area contributed by atoms with E-state index < -0.39 is 39.9 Å². The molecule has 1 saturated heterocycles. The van der Waals surface area contributed by atoms with Crippen LogP contribution in [0.2, 0.25) is 0 Å². The molecule has 0 aliphatic carbocycles. The van der Waals surface area contributed by atoms with Crippen molar-refractivity contribution in [3.05, 3.63) is 42.2 Å². The number of nitrogens with zero attached hydrogens (tertiary/aromatic N) is 1. The Balaban J connectivity index is 1.97. The van der Waals surface area contributed by atoms with E-state index in [9.17, 15) is 18.3 Å². The number of hydrogen-bond donors (Lipinski definition) is 3. The number of nitrogens with one attached hydrogen (secondary N) is 2. The zero-order valence-corrected chi connectivity index (χ0v) is 15.7. The molecule has 27 heavy (non-hydrogen) atoms. The van der Waals surface area contributed by atoms with Crippen LogP contribution < -0.4 is 14.3 Å². The summed E-state index contributed by atoms with van der Waals surface area (Å²) in [4.78, 5) is 11.4. The summed E-state index contributed by atoms with van der Waals surface area (Å²) in [6, 6.07) is 9.55. The maximum atomic E-state index is 15.1. The molecule has 1 aliphatic rings. The first-order valence-electron chi connectivity index (χ1n) is 8.38. The molecule has 0 aromatic heterocycles. The summed E-state index contributed by atoms with van der Waals surface area (Å²) in [6.07, 6.45) is 0. The highest BCUT2D eigenvalue weighted by molar-refractivity contribution is 7.92. The lowest BCUT2D eigenvalue weighted by molar-refractivity contribution is -0.117. The number of rotatable bonds is 5. The molecule has 0 radical (unpaired) electrons. The van der Waals surface area contributed by atoms with Crippen molar-refractivity contribution in [3.8, 4) is 16.9 Å². The number of phenols is 1. The molecular formula is C18H20FN3O4S. The van der Waals surface area contributed by atoms with Crippen LogP contribution in [-0.2, 0) is 15.0 Å². The molecule has 0 saturated carbocycles. The number of anilines is 2. The molecular weight excluding hydrogens is 373 g/mol. The van der Waals surface area contributed by atoms with Gasteiger partial charge in [0.1, 0.15) is 18.0 Å². The molecule has 0 bridgehead atoms. The van der Waals surface area contributed by atoms with Gasteiger partial charge in [0.25, 0.3) is 5.91 Å². The van der Waals surface area contributed by atoms with Crippen molar-refractivity contribution >= 4 is 27.5 Å². The van der Waals surface area contributed by atoms with Crippen molar-refractivity contribution < 1.29 is 22.7 Å². The van der Waals surface area contributed by atoms with Crippen LogP contribution in [0.4, 0.5) is 15.8 Å². The number of amides is 1. The maximum Gasteiger partial charge on any atom is 0.326 e. The average molecular weight is 393 g/mol. The maximum absolute atomic E-state index is 15.1. The number of aromatic hydroxyl groups is 1. The number of carbonyl (C=O) groups is 1. The van der Waals surface area contributed by atoms with Crippen LogP contribution >= 0.6 is 0 Å². The molecule has 1 amide bonds. The first-order chi connectivity index (χ1) is 12.7. The van der Waals surface area contributed by atoms with Gasteiger partial charge >= 0.3 is 10.2 Å². The molecule has 2 aromatic carbocycles.